The second-order valence-corrected chi connectivity index (χ2v) is 3.28. The van der Waals surface area contributed by atoms with Gasteiger partial charge in [0.05, 0.1) is 5.60 Å². The van der Waals surface area contributed by atoms with Gasteiger partial charge in [-0.05, 0) is 20.3 Å². The molecule has 0 radical (unpaired) electrons. The minimum atomic E-state index is -0.166. The minimum absolute atomic E-state index is 0.0925. The molecule has 0 unspecified atom stereocenters. The first-order valence-electron chi connectivity index (χ1n) is 3.52. The fourth-order valence-corrected chi connectivity index (χ4v) is 0.907. The summed E-state index contributed by atoms with van der Waals surface area (Å²) in [6, 6.07) is 0. The van der Waals surface area contributed by atoms with Crippen molar-refractivity contribution in [3.63, 3.8) is 0 Å². The number of methoxy groups -OCH3 is 1. The lowest BCUT2D eigenvalue weighted by atomic mass is 9.96. The summed E-state index contributed by atoms with van der Waals surface area (Å²) >= 11 is 0. The first-order chi connectivity index (χ1) is 4.52. The van der Waals surface area contributed by atoms with Gasteiger partial charge in [0.25, 0.3) is 0 Å². The second-order valence-electron chi connectivity index (χ2n) is 3.28. The maximum Gasteiger partial charge on any atom is 0.122 e. The molecule has 0 aliphatic rings. The quantitative estimate of drug-likeness (QED) is 0.561. The second kappa shape index (κ2) is 3.71. The van der Waals surface area contributed by atoms with Gasteiger partial charge in [0.15, 0.2) is 0 Å². The molecule has 0 spiro atoms. The van der Waals surface area contributed by atoms with E-state index in [1.165, 1.54) is 0 Å². The standard InChI is InChI=1S/C8H16O2/c1-7(6-9)5-8(2,3)10-4/h6-7H,5H2,1-4H3/t7-/m1/s1. The third-order valence-electron chi connectivity index (χ3n) is 1.60. The summed E-state index contributed by atoms with van der Waals surface area (Å²) in [5.74, 6) is 0.0925. The van der Waals surface area contributed by atoms with Gasteiger partial charge in [-0.3, -0.25) is 0 Å². The van der Waals surface area contributed by atoms with Crippen LogP contribution in [0.15, 0.2) is 0 Å². The van der Waals surface area contributed by atoms with Crippen molar-refractivity contribution in [2.24, 2.45) is 5.92 Å². The Morgan fingerprint density at radius 3 is 2.40 bits per heavy atom. The molecule has 0 aromatic carbocycles. The first kappa shape index (κ1) is 9.63. The number of carbonyl (C=O) groups excluding carboxylic acids is 1. The fraction of sp³-hybridized carbons (Fsp3) is 0.875. The molecule has 0 aromatic heterocycles. The van der Waals surface area contributed by atoms with Crippen molar-refractivity contribution in [2.75, 3.05) is 7.11 Å². The van der Waals surface area contributed by atoms with Crippen LogP contribution in [0.3, 0.4) is 0 Å². The highest BCUT2D eigenvalue weighted by Crippen LogP contribution is 2.17. The number of carbonyl (C=O) groups is 1. The molecule has 2 heteroatoms. The van der Waals surface area contributed by atoms with Crippen LogP contribution in [-0.4, -0.2) is 19.0 Å². The number of rotatable bonds is 4. The molecule has 2 nitrogen and oxygen atoms in total. The maximum absolute atomic E-state index is 10.2. The Bertz CT molecular complexity index is 108. The molecular weight excluding hydrogens is 128 g/mol. The van der Waals surface area contributed by atoms with Crippen LogP contribution in [0, 0.1) is 5.92 Å². The van der Waals surface area contributed by atoms with E-state index in [1.54, 1.807) is 7.11 Å². The molecule has 0 fully saturated rings. The molecule has 0 heterocycles. The lowest BCUT2D eigenvalue weighted by Crippen LogP contribution is -2.25. The Morgan fingerprint density at radius 1 is 1.60 bits per heavy atom. The van der Waals surface area contributed by atoms with E-state index in [1.807, 2.05) is 20.8 Å². The molecule has 0 N–H and O–H groups in total. The molecule has 0 aromatic rings. The molecule has 1 atom stereocenters. The third kappa shape index (κ3) is 3.62. The van der Waals surface area contributed by atoms with Crippen LogP contribution in [0.5, 0.6) is 0 Å². The van der Waals surface area contributed by atoms with Gasteiger partial charge >= 0.3 is 0 Å². The normalized spacial score (nSPS) is 14.8. The number of hydrogen-bond donors (Lipinski definition) is 0. The van der Waals surface area contributed by atoms with E-state index in [0.717, 1.165) is 12.7 Å². The summed E-state index contributed by atoms with van der Waals surface area (Å²) in [4.78, 5) is 10.2. The topological polar surface area (TPSA) is 26.3 Å². The highest BCUT2D eigenvalue weighted by molar-refractivity contribution is 5.52. The van der Waals surface area contributed by atoms with Crippen molar-refractivity contribution in [3.05, 3.63) is 0 Å². The zero-order chi connectivity index (χ0) is 8.20. The lowest BCUT2D eigenvalue weighted by Gasteiger charge is -2.23. The average molecular weight is 144 g/mol. The fourth-order valence-electron chi connectivity index (χ4n) is 0.907. The van der Waals surface area contributed by atoms with Gasteiger partial charge in [-0.25, -0.2) is 0 Å². The van der Waals surface area contributed by atoms with Gasteiger partial charge in [0, 0.05) is 13.0 Å². The van der Waals surface area contributed by atoms with Gasteiger partial charge in [0.2, 0.25) is 0 Å². The van der Waals surface area contributed by atoms with Crippen LogP contribution in [0.25, 0.3) is 0 Å². The number of hydrogen-bond acceptors (Lipinski definition) is 2. The smallest absolute Gasteiger partial charge is 0.122 e. The molecule has 10 heavy (non-hydrogen) atoms. The highest BCUT2D eigenvalue weighted by Gasteiger charge is 2.19. The SMILES string of the molecule is COC(C)(C)C[C@@H](C)C=O. The van der Waals surface area contributed by atoms with Crippen molar-refractivity contribution in [1.29, 1.82) is 0 Å². The predicted octanol–water partition coefficient (Wildman–Crippen LogP) is 1.64. The summed E-state index contributed by atoms with van der Waals surface area (Å²) in [5, 5.41) is 0. The van der Waals surface area contributed by atoms with Gasteiger partial charge in [-0.2, -0.15) is 0 Å². The van der Waals surface area contributed by atoms with E-state index >= 15 is 0 Å². The average Bonchev–Trinajstić information content (AvgIpc) is 1.87. The van der Waals surface area contributed by atoms with Crippen molar-refractivity contribution < 1.29 is 9.53 Å². The molecular formula is C8H16O2. The molecule has 0 aliphatic carbocycles. The Hall–Kier alpha value is -0.370. The summed E-state index contributed by atoms with van der Waals surface area (Å²) in [6.45, 7) is 5.85. The van der Waals surface area contributed by atoms with Crippen LogP contribution >= 0.6 is 0 Å². The van der Waals surface area contributed by atoms with E-state index < -0.39 is 0 Å². The summed E-state index contributed by atoms with van der Waals surface area (Å²) < 4.78 is 5.15. The summed E-state index contributed by atoms with van der Waals surface area (Å²) in [5.41, 5.74) is -0.166. The van der Waals surface area contributed by atoms with Gasteiger partial charge in [-0.15, -0.1) is 0 Å². The zero-order valence-electron chi connectivity index (χ0n) is 7.18. The molecule has 60 valence electrons. The van der Waals surface area contributed by atoms with Crippen LogP contribution < -0.4 is 0 Å². The largest absolute Gasteiger partial charge is 0.379 e. The Balaban J connectivity index is 3.75. The predicted molar refractivity (Wildman–Crippen MR) is 40.9 cm³/mol. The Labute approximate surface area is 62.6 Å². The lowest BCUT2D eigenvalue weighted by molar-refractivity contribution is -0.112. The summed E-state index contributed by atoms with van der Waals surface area (Å²) in [6.07, 6.45) is 1.74. The monoisotopic (exact) mass is 144 g/mol. The highest BCUT2D eigenvalue weighted by atomic mass is 16.5. The van der Waals surface area contributed by atoms with Crippen molar-refractivity contribution in [3.8, 4) is 0 Å². The molecule has 0 bridgehead atoms. The van der Waals surface area contributed by atoms with Crippen molar-refractivity contribution in [2.45, 2.75) is 32.8 Å². The maximum atomic E-state index is 10.2. The van der Waals surface area contributed by atoms with E-state index in [0.29, 0.717) is 0 Å². The summed E-state index contributed by atoms with van der Waals surface area (Å²) in [7, 11) is 1.66. The van der Waals surface area contributed by atoms with Crippen LogP contribution in [0.4, 0.5) is 0 Å². The number of aldehydes is 1. The molecule has 0 saturated carbocycles. The minimum Gasteiger partial charge on any atom is -0.379 e. The zero-order valence-corrected chi connectivity index (χ0v) is 7.18. The Morgan fingerprint density at radius 2 is 2.10 bits per heavy atom. The van der Waals surface area contributed by atoms with Gasteiger partial charge < -0.3 is 9.53 Å². The number of ether oxygens (including phenoxy) is 1. The van der Waals surface area contributed by atoms with Crippen molar-refractivity contribution >= 4 is 6.29 Å². The molecule has 0 saturated heterocycles. The molecule has 0 rings (SSSR count). The van der Waals surface area contributed by atoms with E-state index in [2.05, 4.69) is 0 Å². The van der Waals surface area contributed by atoms with E-state index in [4.69, 9.17) is 4.74 Å². The van der Waals surface area contributed by atoms with Crippen molar-refractivity contribution in [1.82, 2.24) is 0 Å². The van der Waals surface area contributed by atoms with Crippen LogP contribution in [-0.2, 0) is 9.53 Å². The third-order valence-corrected chi connectivity index (χ3v) is 1.60. The van der Waals surface area contributed by atoms with Gasteiger partial charge in [-0.1, -0.05) is 6.92 Å². The van der Waals surface area contributed by atoms with Crippen LogP contribution in [0.1, 0.15) is 27.2 Å². The Kier molecular flexibility index (Phi) is 3.58. The first-order valence-corrected chi connectivity index (χ1v) is 3.52. The van der Waals surface area contributed by atoms with E-state index in [9.17, 15) is 4.79 Å². The van der Waals surface area contributed by atoms with E-state index in [-0.39, 0.29) is 11.5 Å². The molecule has 0 aliphatic heterocycles. The molecule has 0 amide bonds. The van der Waals surface area contributed by atoms with Gasteiger partial charge in [0.1, 0.15) is 6.29 Å². The van der Waals surface area contributed by atoms with Crippen LogP contribution in [0.2, 0.25) is 0 Å².